The molecule has 2 N–H and O–H groups in total. The lowest BCUT2D eigenvalue weighted by molar-refractivity contribution is 0.262. The molecule has 0 fully saturated rings. The van der Waals surface area contributed by atoms with E-state index in [-0.39, 0.29) is 11.4 Å². The highest BCUT2D eigenvalue weighted by atomic mass is 32.1. The van der Waals surface area contributed by atoms with Crippen molar-refractivity contribution in [2.75, 3.05) is 10.6 Å². The van der Waals surface area contributed by atoms with Crippen molar-refractivity contribution in [3.8, 4) is 10.6 Å². The maximum Gasteiger partial charge on any atom is 0.325 e. The van der Waals surface area contributed by atoms with E-state index in [4.69, 9.17) is 0 Å². The Morgan fingerprint density at radius 2 is 1.60 bits per heavy atom. The van der Waals surface area contributed by atoms with Gasteiger partial charge in [-0.05, 0) is 23.1 Å². The fraction of sp³-hybridized carbons (Fsp3) is 0.211. The summed E-state index contributed by atoms with van der Waals surface area (Å²) in [5, 5.41) is 14.9. The summed E-state index contributed by atoms with van der Waals surface area (Å²) in [4.78, 5) is 12.0. The van der Waals surface area contributed by atoms with Crippen LogP contribution in [0.2, 0.25) is 0 Å². The number of urea groups is 1. The Labute approximate surface area is 151 Å². The van der Waals surface area contributed by atoms with Gasteiger partial charge in [-0.3, -0.25) is 5.32 Å². The highest BCUT2D eigenvalue weighted by Crippen LogP contribution is 2.29. The summed E-state index contributed by atoms with van der Waals surface area (Å²) in [6.07, 6.45) is 0. The lowest BCUT2D eigenvalue weighted by Crippen LogP contribution is -2.19. The van der Waals surface area contributed by atoms with Crippen LogP contribution < -0.4 is 10.6 Å². The third-order valence-corrected chi connectivity index (χ3v) is 4.56. The van der Waals surface area contributed by atoms with Crippen molar-refractivity contribution in [2.24, 2.45) is 0 Å². The third-order valence-electron chi connectivity index (χ3n) is 3.67. The van der Waals surface area contributed by atoms with Gasteiger partial charge in [0.05, 0.1) is 0 Å². The number of aromatic nitrogens is 2. The summed E-state index contributed by atoms with van der Waals surface area (Å²) in [6, 6.07) is 17.2. The summed E-state index contributed by atoms with van der Waals surface area (Å²) >= 11 is 1.34. The maximum atomic E-state index is 12.0. The molecule has 0 unspecified atom stereocenters. The van der Waals surface area contributed by atoms with Crippen molar-refractivity contribution in [3.63, 3.8) is 0 Å². The van der Waals surface area contributed by atoms with Crippen LogP contribution in [0.4, 0.5) is 15.6 Å². The third kappa shape index (κ3) is 4.42. The number of benzene rings is 2. The van der Waals surface area contributed by atoms with Gasteiger partial charge in [-0.1, -0.05) is 74.6 Å². The zero-order valence-electron chi connectivity index (χ0n) is 14.4. The monoisotopic (exact) mass is 352 g/mol. The van der Waals surface area contributed by atoms with Crippen LogP contribution in [0.1, 0.15) is 26.3 Å². The van der Waals surface area contributed by atoms with Gasteiger partial charge in [0, 0.05) is 11.3 Å². The van der Waals surface area contributed by atoms with Gasteiger partial charge in [0.2, 0.25) is 5.13 Å². The van der Waals surface area contributed by atoms with Crippen molar-refractivity contribution in [3.05, 3.63) is 60.2 Å². The lowest BCUT2D eigenvalue weighted by atomic mass is 9.87. The summed E-state index contributed by atoms with van der Waals surface area (Å²) in [5.74, 6) is 0. The van der Waals surface area contributed by atoms with Crippen molar-refractivity contribution in [1.29, 1.82) is 0 Å². The molecule has 1 heterocycles. The molecule has 25 heavy (non-hydrogen) atoms. The number of anilines is 2. The van der Waals surface area contributed by atoms with E-state index in [0.717, 1.165) is 16.3 Å². The number of hydrogen-bond donors (Lipinski definition) is 2. The Balaban J connectivity index is 1.67. The SMILES string of the molecule is CC(C)(C)c1ccc(-c2nnc(NC(=O)Nc3ccccc3)s2)cc1. The predicted octanol–water partition coefficient (Wildman–Crippen LogP) is 5.15. The molecule has 6 heteroatoms. The lowest BCUT2D eigenvalue weighted by Gasteiger charge is -2.18. The Kier molecular flexibility index (Phi) is 4.81. The Bertz CT molecular complexity index is 851. The second kappa shape index (κ2) is 7.03. The van der Waals surface area contributed by atoms with Crippen LogP contribution in [0.5, 0.6) is 0 Å². The van der Waals surface area contributed by atoms with Gasteiger partial charge in [0.25, 0.3) is 0 Å². The number of rotatable bonds is 3. The smallest absolute Gasteiger partial charge is 0.308 e. The second-order valence-electron chi connectivity index (χ2n) is 6.68. The fourth-order valence-corrected chi connectivity index (χ4v) is 3.03. The highest BCUT2D eigenvalue weighted by molar-refractivity contribution is 7.18. The molecular weight excluding hydrogens is 332 g/mol. The van der Waals surface area contributed by atoms with Crippen molar-refractivity contribution in [2.45, 2.75) is 26.2 Å². The molecule has 2 amide bonds. The first kappa shape index (κ1) is 17.1. The van der Waals surface area contributed by atoms with Crippen LogP contribution in [0.25, 0.3) is 10.6 Å². The minimum Gasteiger partial charge on any atom is -0.308 e. The largest absolute Gasteiger partial charge is 0.325 e. The van der Waals surface area contributed by atoms with Crippen LogP contribution in [0.15, 0.2) is 54.6 Å². The van der Waals surface area contributed by atoms with E-state index in [1.807, 2.05) is 42.5 Å². The summed E-state index contributed by atoms with van der Waals surface area (Å²) in [6.45, 7) is 6.54. The fourth-order valence-electron chi connectivity index (χ4n) is 2.28. The number of carbonyl (C=O) groups excluding carboxylic acids is 1. The Hall–Kier alpha value is -2.73. The molecule has 1 aromatic heterocycles. The molecule has 0 aliphatic carbocycles. The number of carbonyl (C=O) groups is 1. The van der Waals surface area contributed by atoms with Crippen molar-refractivity contribution >= 4 is 28.2 Å². The molecule has 3 rings (SSSR count). The molecular formula is C19H20N4OS. The van der Waals surface area contributed by atoms with E-state index in [1.54, 1.807) is 0 Å². The molecule has 0 aliphatic rings. The highest BCUT2D eigenvalue weighted by Gasteiger charge is 2.14. The molecule has 3 aromatic rings. The Morgan fingerprint density at radius 1 is 0.920 bits per heavy atom. The molecule has 0 spiro atoms. The van der Waals surface area contributed by atoms with Gasteiger partial charge < -0.3 is 5.32 Å². The first-order valence-electron chi connectivity index (χ1n) is 7.99. The molecule has 2 aromatic carbocycles. The predicted molar refractivity (Wildman–Crippen MR) is 103 cm³/mol. The topological polar surface area (TPSA) is 66.9 Å². The summed E-state index contributed by atoms with van der Waals surface area (Å²) < 4.78 is 0. The van der Waals surface area contributed by atoms with E-state index < -0.39 is 0 Å². The summed E-state index contributed by atoms with van der Waals surface area (Å²) in [5.41, 5.74) is 3.09. The maximum absolute atomic E-state index is 12.0. The molecule has 0 saturated carbocycles. The van der Waals surface area contributed by atoms with E-state index in [2.05, 4.69) is 53.7 Å². The average molecular weight is 352 g/mol. The molecule has 128 valence electrons. The van der Waals surface area contributed by atoms with Gasteiger partial charge in [-0.15, -0.1) is 10.2 Å². The quantitative estimate of drug-likeness (QED) is 0.685. The minimum absolute atomic E-state index is 0.113. The van der Waals surface area contributed by atoms with Crippen LogP contribution in [-0.4, -0.2) is 16.2 Å². The zero-order valence-corrected chi connectivity index (χ0v) is 15.2. The van der Waals surface area contributed by atoms with Crippen LogP contribution in [0, 0.1) is 0 Å². The zero-order chi connectivity index (χ0) is 17.9. The van der Waals surface area contributed by atoms with Gasteiger partial charge >= 0.3 is 6.03 Å². The average Bonchev–Trinajstić information content (AvgIpc) is 3.03. The van der Waals surface area contributed by atoms with Crippen LogP contribution in [-0.2, 0) is 5.41 Å². The van der Waals surface area contributed by atoms with Crippen molar-refractivity contribution < 1.29 is 4.79 Å². The second-order valence-corrected chi connectivity index (χ2v) is 7.66. The van der Waals surface area contributed by atoms with Gasteiger partial charge in [0.1, 0.15) is 5.01 Å². The number of nitrogens with zero attached hydrogens (tertiary/aromatic N) is 2. The van der Waals surface area contributed by atoms with E-state index in [0.29, 0.717) is 5.13 Å². The molecule has 0 bridgehead atoms. The van der Waals surface area contributed by atoms with Crippen LogP contribution >= 0.6 is 11.3 Å². The summed E-state index contributed by atoms with van der Waals surface area (Å²) in [7, 11) is 0. The van der Waals surface area contributed by atoms with Crippen molar-refractivity contribution in [1.82, 2.24) is 10.2 Å². The normalized spacial score (nSPS) is 11.2. The first-order valence-corrected chi connectivity index (χ1v) is 8.81. The molecule has 0 atom stereocenters. The Morgan fingerprint density at radius 3 is 2.24 bits per heavy atom. The molecule has 0 aliphatic heterocycles. The van der Waals surface area contributed by atoms with E-state index in [1.165, 1.54) is 16.9 Å². The van der Waals surface area contributed by atoms with Gasteiger partial charge in [0.15, 0.2) is 0 Å². The number of para-hydroxylation sites is 1. The molecule has 0 saturated heterocycles. The standard InChI is InChI=1S/C19H20N4OS/c1-19(2,3)14-11-9-13(10-12-14)16-22-23-18(25-16)21-17(24)20-15-7-5-4-6-8-15/h4-12H,1-3H3,(H2,20,21,23,24). The molecule has 0 radical (unpaired) electrons. The van der Waals surface area contributed by atoms with Crippen LogP contribution in [0.3, 0.4) is 0 Å². The number of amides is 2. The van der Waals surface area contributed by atoms with E-state index >= 15 is 0 Å². The number of hydrogen-bond acceptors (Lipinski definition) is 4. The minimum atomic E-state index is -0.336. The van der Waals surface area contributed by atoms with E-state index in [9.17, 15) is 4.79 Å². The number of nitrogens with one attached hydrogen (secondary N) is 2. The van der Waals surface area contributed by atoms with Gasteiger partial charge in [-0.2, -0.15) is 0 Å². The molecule has 5 nitrogen and oxygen atoms in total. The first-order chi connectivity index (χ1) is 11.9. The van der Waals surface area contributed by atoms with Gasteiger partial charge in [-0.25, -0.2) is 4.79 Å².